The standard InChI is InChI=1S/C17H19N/c1-14-6-5-7-15(10-14)11-17(12-18-13-17)16-8-3-2-4-9-16/h2-10,18H,11-13H2,1H3. The van der Waals surface area contributed by atoms with Gasteiger partial charge in [0.1, 0.15) is 0 Å². The van der Waals surface area contributed by atoms with Gasteiger partial charge in [-0.1, -0.05) is 60.2 Å². The summed E-state index contributed by atoms with van der Waals surface area (Å²) in [6, 6.07) is 19.8. The average molecular weight is 237 g/mol. The Balaban J connectivity index is 1.89. The van der Waals surface area contributed by atoms with E-state index in [9.17, 15) is 0 Å². The van der Waals surface area contributed by atoms with Crippen LogP contribution in [-0.2, 0) is 11.8 Å². The van der Waals surface area contributed by atoms with Gasteiger partial charge in [-0.25, -0.2) is 0 Å². The molecule has 1 fully saturated rings. The molecule has 2 aromatic rings. The minimum absolute atomic E-state index is 0.301. The monoisotopic (exact) mass is 237 g/mol. The molecule has 0 amide bonds. The molecule has 18 heavy (non-hydrogen) atoms. The summed E-state index contributed by atoms with van der Waals surface area (Å²) in [6.45, 7) is 4.34. The predicted molar refractivity (Wildman–Crippen MR) is 75.9 cm³/mol. The molecular weight excluding hydrogens is 218 g/mol. The first kappa shape index (κ1) is 11.5. The second-order valence-electron chi connectivity index (χ2n) is 5.42. The smallest absolute Gasteiger partial charge is 0.0242 e. The van der Waals surface area contributed by atoms with Gasteiger partial charge >= 0.3 is 0 Å². The molecule has 1 aliphatic heterocycles. The van der Waals surface area contributed by atoms with Gasteiger partial charge in [0.05, 0.1) is 0 Å². The summed E-state index contributed by atoms with van der Waals surface area (Å²) in [4.78, 5) is 0. The summed E-state index contributed by atoms with van der Waals surface area (Å²) in [5.74, 6) is 0. The first-order chi connectivity index (χ1) is 8.78. The van der Waals surface area contributed by atoms with Gasteiger partial charge in [-0.15, -0.1) is 0 Å². The van der Waals surface area contributed by atoms with E-state index >= 15 is 0 Å². The van der Waals surface area contributed by atoms with Crippen molar-refractivity contribution < 1.29 is 0 Å². The van der Waals surface area contributed by atoms with Gasteiger partial charge in [0.25, 0.3) is 0 Å². The van der Waals surface area contributed by atoms with Crippen molar-refractivity contribution in [2.45, 2.75) is 18.8 Å². The van der Waals surface area contributed by atoms with Crippen LogP contribution in [-0.4, -0.2) is 13.1 Å². The van der Waals surface area contributed by atoms with E-state index in [4.69, 9.17) is 0 Å². The Morgan fingerprint density at radius 2 is 1.78 bits per heavy atom. The minimum atomic E-state index is 0.301. The van der Waals surface area contributed by atoms with Gasteiger partial charge in [-0.2, -0.15) is 0 Å². The maximum atomic E-state index is 3.44. The molecule has 3 rings (SSSR count). The molecule has 1 aliphatic rings. The van der Waals surface area contributed by atoms with Gasteiger partial charge in [-0.3, -0.25) is 0 Å². The molecule has 0 aromatic heterocycles. The lowest BCUT2D eigenvalue weighted by Gasteiger charge is -2.43. The van der Waals surface area contributed by atoms with Gasteiger partial charge in [0.15, 0.2) is 0 Å². The topological polar surface area (TPSA) is 12.0 Å². The molecule has 0 saturated carbocycles. The zero-order valence-electron chi connectivity index (χ0n) is 10.8. The van der Waals surface area contributed by atoms with Gasteiger partial charge < -0.3 is 5.32 Å². The van der Waals surface area contributed by atoms with Crippen molar-refractivity contribution >= 4 is 0 Å². The van der Waals surface area contributed by atoms with Crippen LogP contribution in [0.5, 0.6) is 0 Å². The second kappa shape index (κ2) is 4.58. The number of rotatable bonds is 3. The molecule has 0 bridgehead atoms. The van der Waals surface area contributed by atoms with E-state index in [-0.39, 0.29) is 0 Å². The Hall–Kier alpha value is -1.60. The van der Waals surface area contributed by atoms with Crippen LogP contribution >= 0.6 is 0 Å². The highest BCUT2D eigenvalue weighted by atomic mass is 15.0. The summed E-state index contributed by atoms with van der Waals surface area (Å²) < 4.78 is 0. The van der Waals surface area contributed by atoms with Crippen molar-refractivity contribution in [3.8, 4) is 0 Å². The molecule has 0 spiro atoms. The van der Waals surface area contributed by atoms with Crippen LogP contribution in [0.15, 0.2) is 54.6 Å². The molecule has 1 N–H and O–H groups in total. The number of nitrogens with one attached hydrogen (secondary N) is 1. The highest BCUT2D eigenvalue weighted by molar-refractivity contribution is 5.34. The summed E-state index contributed by atoms with van der Waals surface area (Å²) in [7, 11) is 0. The largest absolute Gasteiger partial charge is 0.315 e. The third-order valence-corrected chi connectivity index (χ3v) is 3.94. The van der Waals surface area contributed by atoms with Crippen LogP contribution in [0.4, 0.5) is 0 Å². The van der Waals surface area contributed by atoms with Crippen molar-refractivity contribution in [2.24, 2.45) is 0 Å². The maximum Gasteiger partial charge on any atom is 0.0242 e. The van der Waals surface area contributed by atoms with E-state index in [0.29, 0.717) is 5.41 Å². The number of aryl methyl sites for hydroxylation is 1. The Kier molecular flexibility index (Phi) is 2.92. The lowest BCUT2D eigenvalue weighted by atomic mass is 9.71. The van der Waals surface area contributed by atoms with E-state index in [1.54, 1.807) is 0 Å². The fourth-order valence-corrected chi connectivity index (χ4v) is 2.86. The quantitative estimate of drug-likeness (QED) is 0.865. The molecule has 92 valence electrons. The number of hydrogen-bond acceptors (Lipinski definition) is 1. The van der Waals surface area contributed by atoms with Crippen LogP contribution in [0.25, 0.3) is 0 Å². The zero-order valence-corrected chi connectivity index (χ0v) is 10.8. The summed E-state index contributed by atoms with van der Waals surface area (Å²) >= 11 is 0. The Labute approximate surface area is 109 Å². The number of benzene rings is 2. The normalized spacial score (nSPS) is 17.2. The van der Waals surface area contributed by atoms with Gasteiger partial charge in [0.2, 0.25) is 0 Å². The highest BCUT2D eigenvalue weighted by Crippen LogP contribution is 2.32. The highest BCUT2D eigenvalue weighted by Gasteiger charge is 2.38. The molecule has 1 heteroatoms. The Morgan fingerprint density at radius 1 is 1.00 bits per heavy atom. The van der Waals surface area contributed by atoms with E-state index in [2.05, 4.69) is 66.8 Å². The van der Waals surface area contributed by atoms with Crippen molar-refractivity contribution in [3.05, 3.63) is 71.3 Å². The minimum Gasteiger partial charge on any atom is -0.315 e. The van der Waals surface area contributed by atoms with E-state index in [1.807, 2.05) is 0 Å². The fraction of sp³-hybridized carbons (Fsp3) is 0.294. The number of hydrogen-bond donors (Lipinski definition) is 1. The molecular formula is C17H19N. The van der Waals surface area contributed by atoms with Crippen LogP contribution in [0, 0.1) is 6.92 Å². The molecule has 0 atom stereocenters. The van der Waals surface area contributed by atoms with Crippen molar-refractivity contribution in [1.82, 2.24) is 5.32 Å². The molecule has 1 nitrogen and oxygen atoms in total. The first-order valence-electron chi connectivity index (χ1n) is 6.60. The van der Waals surface area contributed by atoms with Gasteiger partial charge in [-0.05, 0) is 24.5 Å². The van der Waals surface area contributed by atoms with Crippen LogP contribution < -0.4 is 5.32 Å². The first-order valence-corrected chi connectivity index (χ1v) is 6.60. The summed E-state index contributed by atoms with van der Waals surface area (Å²) in [5.41, 5.74) is 4.56. The lowest BCUT2D eigenvalue weighted by Crippen LogP contribution is -2.58. The van der Waals surface area contributed by atoms with Crippen LogP contribution in [0.3, 0.4) is 0 Å². The van der Waals surface area contributed by atoms with Crippen molar-refractivity contribution in [3.63, 3.8) is 0 Å². The van der Waals surface area contributed by atoms with Gasteiger partial charge in [0, 0.05) is 18.5 Å². The summed E-state index contributed by atoms with van der Waals surface area (Å²) in [6.07, 6.45) is 1.13. The van der Waals surface area contributed by atoms with E-state index in [1.165, 1.54) is 16.7 Å². The molecule has 1 saturated heterocycles. The molecule has 0 radical (unpaired) electrons. The fourth-order valence-electron chi connectivity index (χ4n) is 2.86. The Morgan fingerprint density at radius 3 is 2.39 bits per heavy atom. The third-order valence-electron chi connectivity index (χ3n) is 3.94. The molecule has 0 unspecified atom stereocenters. The van der Waals surface area contributed by atoms with E-state index in [0.717, 1.165) is 19.5 Å². The van der Waals surface area contributed by atoms with Crippen molar-refractivity contribution in [1.29, 1.82) is 0 Å². The van der Waals surface area contributed by atoms with Crippen molar-refractivity contribution in [2.75, 3.05) is 13.1 Å². The summed E-state index contributed by atoms with van der Waals surface area (Å²) in [5, 5.41) is 3.44. The zero-order chi connectivity index (χ0) is 12.4. The molecule has 1 heterocycles. The van der Waals surface area contributed by atoms with Crippen LogP contribution in [0.1, 0.15) is 16.7 Å². The van der Waals surface area contributed by atoms with Crippen LogP contribution in [0.2, 0.25) is 0 Å². The lowest BCUT2D eigenvalue weighted by molar-refractivity contribution is 0.274. The predicted octanol–water partition coefficient (Wildman–Crippen LogP) is 3.08. The van der Waals surface area contributed by atoms with E-state index < -0.39 is 0 Å². The Bertz CT molecular complexity index is 526. The molecule has 2 aromatic carbocycles. The third kappa shape index (κ3) is 2.06. The maximum absolute atomic E-state index is 3.44. The average Bonchev–Trinajstić information content (AvgIpc) is 2.35. The SMILES string of the molecule is Cc1cccc(CC2(c3ccccc3)CNC2)c1. The second-order valence-corrected chi connectivity index (χ2v) is 5.42. The molecule has 0 aliphatic carbocycles.